The van der Waals surface area contributed by atoms with Crippen LogP contribution in [0.4, 0.5) is 4.39 Å². The van der Waals surface area contributed by atoms with E-state index in [-0.39, 0.29) is 24.4 Å². The first-order chi connectivity index (χ1) is 10.0. The summed E-state index contributed by atoms with van der Waals surface area (Å²) in [7, 11) is 0. The number of rotatable bonds is 6. The second-order valence-electron chi connectivity index (χ2n) is 5.47. The van der Waals surface area contributed by atoms with Crippen molar-refractivity contribution in [3.05, 3.63) is 40.7 Å². The van der Waals surface area contributed by atoms with Gasteiger partial charge in [0.1, 0.15) is 5.82 Å². The van der Waals surface area contributed by atoms with Crippen molar-refractivity contribution in [2.75, 3.05) is 6.61 Å². The van der Waals surface area contributed by atoms with Gasteiger partial charge in [0.25, 0.3) is 0 Å². The molecule has 0 radical (unpaired) electrons. The molecule has 2 aromatic rings. The molecule has 5 heteroatoms. The van der Waals surface area contributed by atoms with Crippen LogP contribution in [0.2, 0.25) is 0 Å². The van der Waals surface area contributed by atoms with Gasteiger partial charge in [0.05, 0.1) is 22.9 Å². The molecule has 0 aliphatic carbocycles. The molecular formula is C16H21FN2OS. The third-order valence-corrected chi connectivity index (χ3v) is 4.59. The number of hydrogen-bond donors (Lipinski definition) is 2. The Labute approximate surface area is 128 Å². The molecule has 0 saturated carbocycles. The van der Waals surface area contributed by atoms with E-state index in [4.69, 9.17) is 0 Å². The number of hydrogen-bond acceptors (Lipinski definition) is 4. The third-order valence-electron chi connectivity index (χ3n) is 3.55. The number of halogens is 1. The highest BCUT2D eigenvalue weighted by atomic mass is 32.1. The number of pyridine rings is 1. The first kappa shape index (κ1) is 16.1. The molecule has 0 amide bonds. The van der Waals surface area contributed by atoms with Gasteiger partial charge in [-0.25, -0.2) is 9.37 Å². The van der Waals surface area contributed by atoms with Crippen LogP contribution in [0.3, 0.4) is 0 Å². The minimum absolute atomic E-state index is 0.0308. The Morgan fingerprint density at radius 1 is 1.33 bits per heavy atom. The summed E-state index contributed by atoms with van der Waals surface area (Å²) in [5.41, 5.74) is 2.33. The predicted molar refractivity (Wildman–Crippen MR) is 84.8 cm³/mol. The molecule has 0 bridgehead atoms. The maximum atomic E-state index is 13.9. The molecule has 1 atom stereocenters. The van der Waals surface area contributed by atoms with Gasteiger partial charge in [-0.3, -0.25) is 0 Å². The van der Waals surface area contributed by atoms with Gasteiger partial charge in [-0.2, -0.15) is 0 Å². The molecule has 0 aliphatic heterocycles. The quantitative estimate of drug-likeness (QED) is 0.860. The fraction of sp³-hybridized carbons (Fsp3) is 0.438. The Bertz CT molecular complexity index is 598. The van der Waals surface area contributed by atoms with Crippen molar-refractivity contribution in [2.24, 2.45) is 5.92 Å². The zero-order valence-corrected chi connectivity index (χ0v) is 13.4. The Morgan fingerprint density at radius 2 is 2.10 bits per heavy atom. The molecule has 114 valence electrons. The average molecular weight is 308 g/mol. The number of aryl methyl sites for hydroxylation is 1. The molecule has 0 spiro atoms. The van der Waals surface area contributed by atoms with Crippen LogP contribution in [0.1, 0.15) is 25.1 Å². The Morgan fingerprint density at radius 3 is 2.67 bits per heavy atom. The number of aromatic nitrogens is 1. The van der Waals surface area contributed by atoms with Crippen LogP contribution >= 0.6 is 11.3 Å². The molecule has 3 nitrogen and oxygen atoms in total. The number of aliphatic hydroxyl groups excluding tert-OH is 1. The first-order valence-corrected chi connectivity index (χ1v) is 7.95. The molecule has 2 heterocycles. The van der Waals surface area contributed by atoms with E-state index in [9.17, 15) is 9.50 Å². The van der Waals surface area contributed by atoms with Crippen LogP contribution < -0.4 is 5.32 Å². The van der Waals surface area contributed by atoms with Gasteiger partial charge >= 0.3 is 0 Å². The van der Waals surface area contributed by atoms with Crippen molar-refractivity contribution < 1.29 is 9.50 Å². The topological polar surface area (TPSA) is 45.1 Å². The van der Waals surface area contributed by atoms with Crippen molar-refractivity contribution in [1.82, 2.24) is 10.3 Å². The Kier molecular flexibility index (Phi) is 5.45. The van der Waals surface area contributed by atoms with Gasteiger partial charge in [-0.05, 0) is 42.0 Å². The van der Waals surface area contributed by atoms with Crippen LogP contribution in [-0.4, -0.2) is 22.7 Å². The summed E-state index contributed by atoms with van der Waals surface area (Å²) < 4.78 is 13.9. The summed E-state index contributed by atoms with van der Waals surface area (Å²) in [6, 6.07) is 5.15. The lowest BCUT2D eigenvalue weighted by atomic mass is 10.1. The maximum absolute atomic E-state index is 13.9. The molecule has 2 aromatic heterocycles. The smallest absolute Gasteiger partial charge is 0.146 e. The summed E-state index contributed by atoms with van der Waals surface area (Å²) in [5.74, 6) is -0.0401. The van der Waals surface area contributed by atoms with E-state index in [2.05, 4.69) is 10.3 Å². The molecular weight excluding hydrogens is 287 g/mol. The molecule has 21 heavy (non-hydrogen) atoms. The minimum Gasteiger partial charge on any atom is -0.395 e. The average Bonchev–Trinajstić information content (AvgIpc) is 2.87. The van der Waals surface area contributed by atoms with Crippen LogP contribution in [-0.2, 0) is 6.54 Å². The van der Waals surface area contributed by atoms with Crippen molar-refractivity contribution >= 4 is 11.3 Å². The summed E-state index contributed by atoms with van der Waals surface area (Å²) in [5, 5.41) is 14.5. The van der Waals surface area contributed by atoms with Crippen molar-refractivity contribution in [1.29, 1.82) is 0 Å². The number of nitrogens with zero attached hydrogens (tertiary/aromatic N) is 1. The third kappa shape index (κ3) is 3.87. The Hall–Kier alpha value is -1.30. The van der Waals surface area contributed by atoms with E-state index in [1.807, 2.05) is 32.2 Å². The molecule has 2 rings (SSSR count). The second kappa shape index (κ2) is 7.11. The molecule has 0 aliphatic rings. The van der Waals surface area contributed by atoms with Gasteiger partial charge in [-0.15, -0.1) is 11.3 Å². The van der Waals surface area contributed by atoms with Crippen LogP contribution in [0, 0.1) is 18.7 Å². The number of aliphatic hydroxyl groups is 1. The van der Waals surface area contributed by atoms with E-state index in [0.717, 1.165) is 16.1 Å². The van der Waals surface area contributed by atoms with Gasteiger partial charge in [0.15, 0.2) is 0 Å². The molecule has 0 fully saturated rings. The van der Waals surface area contributed by atoms with Crippen molar-refractivity contribution in [3.63, 3.8) is 0 Å². The minimum atomic E-state index is -0.319. The van der Waals surface area contributed by atoms with Gasteiger partial charge in [0, 0.05) is 12.6 Å². The monoisotopic (exact) mass is 308 g/mol. The summed E-state index contributed by atoms with van der Waals surface area (Å²) in [6.45, 7) is 6.40. The maximum Gasteiger partial charge on any atom is 0.146 e. The zero-order valence-electron chi connectivity index (χ0n) is 12.6. The lowest BCUT2D eigenvalue weighted by molar-refractivity contribution is 0.209. The van der Waals surface area contributed by atoms with E-state index < -0.39 is 0 Å². The largest absolute Gasteiger partial charge is 0.395 e. The first-order valence-electron chi connectivity index (χ1n) is 7.07. The Balaban J connectivity index is 2.18. The molecule has 0 aromatic carbocycles. The van der Waals surface area contributed by atoms with Crippen LogP contribution in [0.5, 0.6) is 0 Å². The van der Waals surface area contributed by atoms with Gasteiger partial charge in [-0.1, -0.05) is 13.8 Å². The van der Waals surface area contributed by atoms with Crippen molar-refractivity contribution in [2.45, 2.75) is 33.4 Å². The van der Waals surface area contributed by atoms with Crippen molar-refractivity contribution in [3.8, 4) is 10.6 Å². The highest BCUT2D eigenvalue weighted by molar-refractivity contribution is 7.13. The van der Waals surface area contributed by atoms with E-state index in [1.54, 1.807) is 17.4 Å². The summed E-state index contributed by atoms with van der Waals surface area (Å²) in [4.78, 5) is 5.50. The summed E-state index contributed by atoms with van der Waals surface area (Å²) >= 11 is 1.61. The molecule has 0 unspecified atom stereocenters. The highest BCUT2D eigenvalue weighted by Crippen LogP contribution is 2.28. The molecule has 2 N–H and O–H groups in total. The zero-order chi connectivity index (χ0) is 15.4. The van der Waals surface area contributed by atoms with Gasteiger partial charge < -0.3 is 10.4 Å². The summed E-state index contributed by atoms with van der Waals surface area (Å²) in [6.07, 6.45) is 0. The van der Waals surface area contributed by atoms with Crippen LogP contribution in [0.25, 0.3) is 10.6 Å². The highest BCUT2D eigenvalue weighted by Gasteiger charge is 2.14. The number of nitrogens with one attached hydrogen (secondary N) is 1. The second-order valence-corrected chi connectivity index (χ2v) is 6.39. The number of thiophene rings is 1. The van der Waals surface area contributed by atoms with Gasteiger partial charge in [0.2, 0.25) is 0 Å². The SMILES string of the molecule is Cc1ccsc1-c1ccc(F)c(CN[C@@H](CO)C(C)C)n1. The van der Waals surface area contributed by atoms with E-state index >= 15 is 0 Å². The van der Waals surface area contributed by atoms with Crippen LogP contribution in [0.15, 0.2) is 23.6 Å². The fourth-order valence-electron chi connectivity index (χ4n) is 2.11. The van der Waals surface area contributed by atoms with E-state index in [1.165, 1.54) is 6.07 Å². The lowest BCUT2D eigenvalue weighted by Crippen LogP contribution is -2.36. The fourth-order valence-corrected chi connectivity index (χ4v) is 3.01. The standard InChI is InChI=1S/C16H21FN2OS/c1-10(2)15(9-20)18-8-14-12(17)4-5-13(19-14)16-11(3)6-7-21-16/h4-7,10,15,18,20H,8-9H2,1-3H3/t15-/m0/s1. The normalized spacial score (nSPS) is 12.9. The predicted octanol–water partition coefficient (Wildman–Crippen LogP) is 3.36. The lowest BCUT2D eigenvalue weighted by Gasteiger charge is -2.20. The molecule has 0 saturated heterocycles. The van der Waals surface area contributed by atoms with E-state index in [0.29, 0.717) is 12.2 Å².